The predicted molar refractivity (Wildman–Crippen MR) is 137 cm³/mol. The van der Waals surface area contributed by atoms with Crippen LogP contribution >= 0.6 is 0 Å². The van der Waals surface area contributed by atoms with E-state index in [1.165, 1.54) is 16.3 Å². The quantitative estimate of drug-likeness (QED) is 0.395. The highest BCUT2D eigenvalue weighted by Gasteiger charge is 2.27. The van der Waals surface area contributed by atoms with Crippen molar-refractivity contribution in [2.45, 2.75) is 31.6 Å². The Hall–Kier alpha value is -3.47. The number of rotatable bonds is 7. The number of amides is 1. The van der Waals surface area contributed by atoms with E-state index in [1.807, 2.05) is 48.5 Å². The molecule has 1 amide bonds. The maximum atomic E-state index is 12.8. The fraction of sp³-hybridized carbons (Fsp3) is 0.233. The highest BCUT2D eigenvalue weighted by molar-refractivity contribution is 5.94. The first-order valence-corrected chi connectivity index (χ1v) is 12.0. The molecular weight excluding hydrogens is 420 g/mol. The molecule has 4 aromatic rings. The minimum atomic E-state index is -0.0479. The van der Waals surface area contributed by atoms with Gasteiger partial charge in [-0.25, -0.2) is 0 Å². The standard InChI is InChI=1S/C30H30N2O2/c33-30(32-19-22-7-2-1-3-8-22)27-12-6-11-26(18-27)28-15-16-31-20-29(28)34-21-23-13-14-24-9-4-5-10-25(24)17-23/h1-14,17-18,28-29,31H,15-16,19-21H2,(H,32,33). The Bertz CT molecular complexity index is 1250. The number of carbonyl (C=O) groups excluding carboxylic acids is 1. The van der Waals surface area contributed by atoms with Crippen molar-refractivity contribution >= 4 is 16.7 Å². The molecule has 0 spiro atoms. The SMILES string of the molecule is O=C(NCc1ccccc1)c1cccc(C2CCNCC2OCc2ccc3ccccc3c2)c1. The lowest BCUT2D eigenvalue weighted by Crippen LogP contribution is -2.41. The van der Waals surface area contributed by atoms with Crippen LogP contribution in [0.15, 0.2) is 97.1 Å². The summed E-state index contributed by atoms with van der Waals surface area (Å²) in [5.74, 6) is 0.205. The summed E-state index contributed by atoms with van der Waals surface area (Å²) < 4.78 is 6.43. The summed E-state index contributed by atoms with van der Waals surface area (Å²) in [6.07, 6.45) is 1.04. The first-order chi connectivity index (χ1) is 16.8. The molecule has 172 valence electrons. The predicted octanol–water partition coefficient (Wildman–Crippen LogP) is 5.43. The van der Waals surface area contributed by atoms with Gasteiger partial charge in [0.05, 0.1) is 12.7 Å². The molecule has 1 aliphatic rings. The topological polar surface area (TPSA) is 50.4 Å². The van der Waals surface area contributed by atoms with Crippen molar-refractivity contribution in [2.75, 3.05) is 13.1 Å². The van der Waals surface area contributed by atoms with Gasteiger partial charge in [0.15, 0.2) is 0 Å². The fourth-order valence-corrected chi connectivity index (χ4v) is 4.71. The molecule has 1 heterocycles. The van der Waals surface area contributed by atoms with Crippen LogP contribution in [-0.2, 0) is 17.9 Å². The van der Waals surface area contributed by atoms with Gasteiger partial charge in [0.1, 0.15) is 0 Å². The molecule has 1 fully saturated rings. The lowest BCUT2D eigenvalue weighted by atomic mass is 9.87. The summed E-state index contributed by atoms with van der Waals surface area (Å²) in [6, 6.07) is 32.9. The van der Waals surface area contributed by atoms with Gasteiger partial charge in [-0.1, -0.05) is 78.9 Å². The number of ether oxygens (including phenoxy) is 1. The minimum Gasteiger partial charge on any atom is -0.372 e. The highest BCUT2D eigenvalue weighted by atomic mass is 16.5. The Morgan fingerprint density at radius 3 is 2.56 bits per heavy atom. The van der Waals surface area contributed by atoms with Crippen molar-refractivity contribution in [3.05, 3.63) is 119 Å². The molecule has 4 nitrogen and oxygen atoms in total. The van der Waals surface area contributed by atoms with Crippen molar-refractivity contribution in [3.63, 3.8) is 0 Å². The largest absolute Gasteiger partial charge is 0.372 e. The van der Waals surface area contributed by atoms with Crippen LogP contribution in [0.2, 0.25) is 0 Å². The molecule has 0 bridgehead atoms. The maximum Gasteiger partial charge on any atom is 0.251 e. The average Bonchev–Trinajstić information content (AvgIpc) is 2.91. The van der Waals surface area contributed by atoms with Crippen LogP contribution in [0, 0.1) is 0 Å². The monoisotopic (exact) mass is 450 g/mol. The van der Waals surface area contributed by atoms with E-state index in [-0.39, 0.29) is 17.9 Å². The van der Waals surface area contributed by atoms with Crippen LogP contribution in [-0.4, -0.2) is 25.1 Å². The van der Waals surface area contributed by atoms with Crippen molar-refractivity contribution < 1.29 is 9.53 Å². The van der Waals surface area contributed by atoms with Crippen LogP contribution in [0.5, 0.6) is 0 Å². The van der Waals surface area contributed by atoms with Crippen molar-refractivity contribution in [2.24, 2.45) is 0 Å². The molecule has 4 heteroatoms. The van der Waals surface area contributed by atoms with Crippen LogP contribution in [0.1, 0.15) is 39.4 Å². The Morgan fingerprint density at radius 2 is 1.68 bits per heavy atom. The maximum absolute atomic E-state index is 12.8. The van der Waals surface area contributed by atoms with Crippen LogP contribution in [0.25, 0.3) is 10.8 Å². The molecular formula is C30H30N2O2. The number of benzene rings is 4. The number of carbonyl (C=O) groups is 1. The summed E-state index contributed by atoms with van der Waals surface area (Å²) in [5.41, 5.74) is 4.13. The molecule has 2 atom stereocenters. The van der Waals surface area contributed by atoms with Gasteiger partial charge in [-0.15, -0.1) is 0 Å². The molecule has 0 saturated carbocycles. The van der Waals surface area contributed by atoms with Gasteiger partial charge < -0.3 is 15.4 Å². The normalized spacial score (nSPS) is 18.0. The van der Waals surface area contributed by atoms with Crippen LogP contribution in [0.3, 0.4) is 0 Å². The minimum absolute atomic E-state index is 0.0479. The van der Waals surface area contributed by atoms with Crippen molar-refractivity contribution in [1.82, 2.24) is 10.6 Å². The smallest absolute Gasteiger partial charge is 0.251 e. The molecule has 1 saturated heterocycles. The molecule has 0 aliphatic carbocycles. The highest BCUT2D eigenvalue weighted by Crippen LogP contribution is 2.29. The number of fused-ring (bicyclic) bond motifs is 1. The van der Waals surface area contributed by atoms with E-state index in [1.54, 1.807) is 0 Å². The fourth-order valence-electron chi connectivity index (χ4n) is 4.71. The molecule has 1 aliphatic heterocycles. The number of hydrogen-bond acceptors (Lipinski definition) is 3. The third kappa shape index (κ3) is 5.36. The molecule has 0 aromatic heterocycles. The van der Waals surface area contributed by atoms with Crippen molar-refractivity contribution in [3.8, 4) is 0 Å². The van der Waals surface area contributed by atoms with Crippen LogP contribution in [0.4, 0.5) is 0 Å². The Labute approximate surface area is 201 Å². The van der Waals surface area contributed by atoms with E-state index in [4.69, 9.17) is 4.74 Å². The zero-order valence-corrected chi connectivity index (χ0v) is 19.2. The van der Waals surface area contributed by atoms with Crippen LogP contribution < -0.4 is 10.6 Å². The lowest BCUT2D eigenvalue weighted by molar-refractivity contribution is 0.0106. The molecule has 2 N–H and O–H groups in total. The van der Waals surface area contributed by atoms with E-state index < -0.39 is 0 Å². The second-order valence-corrected chi connectivity index (χ2v) is 8.92. The van der Waals surface area contributed by atoms with E-state index in [0.29, 0.717) is 18.7 Å². The second kappa shape index (κ2) is 10.6. The Morgan fingerprint density at radius 1 is 0.853 bits per heavy atom. The third-order valence-corrected chi connectivity index (χ3v) is 6.58. The first-order valence-electron chi connectivity index (χ1n) is 12.0. The van der Waals surface area contributed by atoms with Gasteiger partial charge in [-0.2, -0.15) is 0 Å². The van der Waals surface area contributed by atoms with Gasteiger partial charge in [0, 0.05) is 24.6 Å². The number of hydrogen-bond donors (Lipinski definition) is 2. The summed E-state index contributed by atoms with van der Waals surface area (Å²) in [4.78, 5) is 12.8. The molecule has 5 rings (SSSR count). The van der Waals surface area contributed by atoms with Gasteiger partial charge >= 0.3 is 0 Å². The van der Waals surface area contributed by atoms with Crippen molar-refractivity contribution in [1.29, 1.82) is 0 Å². The van der Waals surface area contributed by atoms with Gasteiger partial charge in [0.2, 0.25) is 0 Å². The van der Waals surface area contributed by atoms with Gasteiger partial charge in [-0.3, -0.25) is 4.79 Å². The zero-order chi connectivity index (χ0) is 23.2. The average molecular weight is 451 g/mol. The summed E-state index contributed by atoms with van der Waals surface area (Å²) in [7, 11) is 0. The molecule has 4 aromatic carbocycles. The Kier molecular flexibility index (Phi) is 6.99. The summed E-state index contributed by atoms with van der Waals surface area (Å²) in [6.45, 7) is 2.85. The van der Waals surface area contributed by atoms with E-state index in [0.717, 1.165) is 30.6 Å². The zero-order valence-electron chi connectivity index (χ0n) is 19.2. The third-order valence-electron chi connectivity index (χ3n) is 6.58. The molecule has 34 heavy (non-hydrogen) atoms. The second-order valence-electron chi connectivity index (χ2n) is 8.92. The number of piperidine rings is 1. The number of nitrogens with one attached hydrogen (secondary N) is 2. The van der Waals surface area contributed by atoms with E-state index >= 15 is 0 Å². The van der Waals surface area contributed by atoms with E-state index in [2.05, 4.69) is 59.2 Å². The summed E-state index contributed by atoms with van der Waals surface area (Å²) >= 11 is 0. The molecule has 2 unspecified atom stereocenters. The lowest BCUT2D eigenvalue weighted by Gasteiger charge is -2.32. The van der Waals surface area contributed by atoms with E-state index in [9.17, 15) is 4.79 Å². The van der Waals surface area contributed by atoms with Gasteiger partial charge in [-0.05, 0) is 58.6 Å². The summed E-state index contributed by atoms with van der Waals surface area (Å²) in [5, 5.41) is 8.98. The molecule has 0 radical (unpaired) electrons. The Balaban J connectivity index is 1.26. The van der Waals surface area contributed by atoms with Gasteiger partial charge in [0.25, 0.3) is 5.91 Å². The first kappa shape index (κ1) is 22.3.